The van der Waals surface area contributed by atoms with Crippen LogP contribution in [-0.4, -0.2) is 23.5 Å². The Morgan fingerprint density at radius 1 is 1.00 bits per heavy atom. The summed E-state index contributed by atoms with van der Waals surface area (Å²) in [6.45, 7) is 13.1. The van der Waals surface area contributed by atoms with Gasteiger partial charge in [-0.25, -0.2) is 4.79 Å². The molecule has 1 amide bonds. The van der Waals surface area contributed by atoms with Crippen molar-refractivity contribution in [2.24, 2.45) is 5.41 Å². The predicted molar refractivity (Wildman–Crippen MR) is 88.1 cm³/mol. The molecule has 4 heteroatoms. The number of rotatable bonds is 3. The molecule has 0 spiro atoms. The first-order valence-corrected chi connectivity index (χ1v) is 7.50. The summed E-state index contributed by atoms with van der Waals surface area (Å²) in [6, 6.07) is 6.70. The number of ether oxygens (including phenoxy) is 1. The number of carbonyl (C=O) groups is 2. The summed E-state index contributed by atoms with van der Waals surface area (Å²) in [5, 5.41) is 2.72. The number of aryl methyl sites for hydroxylation is 1. The van der Waals surface area contributed by atoms with Crippen LogP contribution >= 0.6 is 0 Å². The third-order valence-corrected chi connectivity index (χ3v) is 3.13. The van der Waals surface area contributed by atoms with E-state index in [4.69, 9.17) is 4.74 Å². The SMILES string of the molecule is Cc1ccc(C(=O)[C@@H](NC(=O)OC(C)(C)C)C(C)(C)C)cc1. The number of amides is 1. The molecule has 1 atom stereocenters. The molecular formula is C18H27NO3. The lowest BCUT2D eigenvalue weighted by molar-refractivity contribution is 0.0446. The molecule has 1 N–H and O–H groups in total. The molecule has 0 saturated heterocycles. The van der Waals surface area contributed by atoms with E-state index in [0.29, 0.717) is 5.56 Å². The molecule has 0 aliphatic rings. The fourth-order valence-electron chi connectivity index (χ4n) is 1.99. The van der Waals surface area contributed by atoms with Gasteiger partial charge in [-0.05, 0) is 33.1 Å². The van der Waals surface area contributed by atoms with Crippen LogP contribution in [0, 0.1) is 12.3 Å². The lowest BCUT2D eigenvalue weighted by atomic mass is 9.82. The molecule has 0 heterocycles. The van der Waals surface area contributed by atoms with Crippen molar-refractivity contribution in [2.75, 3.05) is 0 Å². The first kappa shape index (κ1) is 18.2. The number of benzene rings is 1. The van der Waals surface area contributed by atoms with Crippen molar-refractivity contribution in [3.8, 4) is 0 Å². The fourth-order valence-corrected chi connectivity index (χ4v) is 1.99. The van der Waals surface area contributed by atoms with Crippen molar-refractivity contribution in [2.45, 2.75) is 60.1 Å². The van der Waals surface area contributed by atoms with Crippen LogP contribution in [-0.2, 0) is 4.74 Å². The van der Waals surface area contributed by atoms with Gasteiger partial charge in [0.1, 0.15) is 11.6 Å². The molecule has 0 aliphatic heterocycles. The minimum atomic E-state index is -0.648. The van der Waals surface area contributed by atoms with Crippen molar-refractivity contribution < 1.29 is 14.3 Å². The van der Waals surface area contributed by atoms with Gasteiger partial charge in [0.25, 0.3) is 0 Å². The summed E-state index contributed by atoms with van der Waals surface area (Å²) in [5.74, 6) is -0.113. The van der Waals surface area contributed by atoms with Gasteiger partial charge in [0.05, 0.1) is 0 Å². The van der Waals surface area contributed by atoms with Gasteiger partial charge in [0.2, 0.25) is 0 Å². The fraction of sp³-hybridized carbons (Fsp3) is 0.556. The molecular weight excluding hydrogens is 278 g/mol. The van der Waals surface area contributed by atoms with Gasteiger partial charge in [-0.3, -0.25) is 4.79 Å². The second-order valence-corrected chi connectivity index (χ2v) is 7.68. The van der Waals surface area contributed by atoms with Crippen molar-refractivity contribution in [3.63, 3.8) is 0 Å². The van der Waals surface area contributed by atoms with Crippen LogP contribution < -0.4 is 5.32 Å². The maximum absolute atomic E-state index is 12.7. The Kier molecular flexibility index (Phi) is 5.39. The lowest BCUT2D eigenvalue weighted by Crippen LogP contribution is -2.50. The number of hydrogen-bond acceptors (Lipinski definition) is 3. The largest absolute Gasteiger partial charge is 0.444 e. The van der Waals surface area contributed by atoms with E-state index >= 15 is 0 Å². The second-order valence-electron chi connectivity index (χ2n) is 7.68. The molecule has 0 radical (unpaired) electrons. The van der Waals surface area contributed by atoms with Crippen LogP contribution in [0.25, 0.3) is 0 Å². The molecule has 22 heavy (non-hydrogen) atoms. The van der Waals surface area contributed by atoms with Gasteiger partial charge in [-0.15, -0.1) is 0 Å². The van der Waals surface area contributed by atoms with E-state index < -0.39 is 23.2 Å². The third-order valence-electron chi connectivity index (χ3n) is 3.13. The first-order valence-electron chi connectivity index (χ1n) is 7.50. The number of Topliss-reactive ketones (excluding diaryl/α,β-unsaturated/α-hetero) is 1. The van der Waals surface area contributed by atoms with Gasteiger partial charge in [-0.1, -0.05) is 50.6 Å². The minimum Gasteiger partial charge on any atom is -0.444 e. The van der Waals surface area contributed by atoms with Crippen LogP contribution in [0.1, 0.15) is 57.5 Å². The summed E-state index contributed by atoms with van der Waals surface area (Å²) in [4.78, 5) is 24.8. The summed E-state index contributed by atoms with van der Waals surface area (Å²) < 4.78 is 5.27. The zero-order valence-electron chi connectivity index (χ0n) is 14.6. The topological polar surface area (TPSA) is 55.4 Å². The van der Waals surface area contributed by atoms with Crippen LogP contribution in [0.4, 0.5) is 4.79 Å². The molecule has 4 nitrogen and oxygen atoms in total. The smallest absolute Gasteiger partial charge is 0.408 e. The number of alkyl carbamates (subject to hydrolysis) is 1. The maximum atomic E-state index is 12.7. The summed E-state index contributed by atoms with van der Waals surface area (Å²) >= 11 is 0. The van der Waals surface area contributed by atoms with Crippen molar-refractivity contribution in [3.05, 3.63) is 35.4 Å². The highest BCUT2D eigenvalue weighted by molar-refractivity contribution is 6.02. The van der Waals surface area contributed by atoms with E-state index in [1.165, 1.54) is 0 Å². The first-order chi connectivity index (χ1) is 9.90. The number of nitrogens with one attached hydrogen (secondary N) is 1. The Hall–Kier alpha value is -1.84. The number of hydrogen-bond donors (Lipinski definition) is 1. The van der Waals surface area contributed by atoms with Crippen molar-refractivity contribution >= 4 is 11.9 Å². The van der Waals surface area contributed by atoms with Crippen molar-refractivity contribution in [1.82, 2.24) is 5.32 Å². The van der Waals surface area contributed by atoms with E-state index in [1.54, 1.807) is 32.9 Å². The van der Waals surface area contributed by atoms with E-state index in [1.807, 2.05) is 39.8 Å². The molecule has 0 aromatic heterocycles. The average molecular weight is 305 g/mol. The van der Waals surface area contributed by atoms with Gasteiger partial charge in [-0.2, -0.15) is 0 Å². The monoisotopic (exact) mass is 305 g/mol. The lowest BCUT2D eigenvalue weighted by Gasteiger charge is -2.31. The molecule has 0 bridgehead atoms. The Morgan fingerprint density at radius 2 is 1.50 bits per heavy atom. The normalized spacial score (nSPS) is 13.4. The quantitative estimate of drug-likeness (QED) is 0.855. The molecule has 0 unspecified atom stereocenters. The van der Waals surface area contributed by atoms with Gasteiger partial charge >= 0.3 is 6.09 Å². The van der Waals surface area contributed by atoms with Crippen LogP contribution in [0.15, 0.2) is 24.3 Å². The molecule has 122 valence electrons. The van der Waals surface area contributed by atoms with Crippen molar-refractivity contribution in [1.29, 1.82) is 0 Å². The molecule has 0 aliphatic carbocycles. The van der Waals surface area contributed by atoms with E-state index in [2.05, 4.69) is 5.32 Å². The van der Waals surface area contributed by atoms with E-state index in [9.17, 15) is 9.59 Å². The van der Waals surface area contributed by atoms with Gasteiger partial charge in [0, 0.05) is 5.56 Å². The Bertz CT molecular complexity index is 533. The molecule has 1 aromatic carbocycles. The van der Waals surface area contributed by atoms with Crippen LogP contribution in [0.3, 0.4) is 0 Å². The summed E-state index contributed by atoms with van der Waals surface area (Å²) in [5.41, 5.74) is 0.656. The van der Waals surface area contributed by atoms with Crippen LogP contribution in [0.5, 0.6) is 0 Å². The third kappa shape index (κ3) is 5.51. The number of carbonyl (C=O) groups excluding carboxylic acids is 2. The summed E-state index contributed by atoms with van der Waals surface area (Å²) in [7, 11) is 0. The second kappa shape index (κ2) is 6.51. The minimum absolute atomic E-state index is 0.113. The highest BCUT2D eigenvalue weighted by atomic mass is 16.6. The molecule has 0 saturated carbocycles. The Labute approximate surface area is 133 Å². The van der Waals surface area contributed by atoms with Gasteiger partial charge < -0.3 is 10.1 Å². The standard InChI is InChI=1S/C18H27NO3/c1-12-8-10-13(11-9-12)14(20)15(17(2,3)4)19-16(21)22-18(5,6)7/h8-11,15H,1-7H3,(H,19,21)/t15-/m1/s1. The summed E-state index contributed by atoms with van der Waals surface area (Å²) in [6.07, 6.45) is -0.576. The highest BCUT2D eigenvalue weighted by Crippen LogP contribution is 2.23. The Balaban J connectivity index is 2.96. The number of ketones is 1. The highest BCUT2D eigenvalue weighted by Gasteiger charge is 2.34. The zero-order valence-corrected chi connectivity index (χ0v) is 14.6. The Morgan fingerprint density at radius 3 is 1.91 bits per heavy atom. The predicted octanol–water partition coefficient (Wildman–Crippen LogP) is 4.12. The molecule has 1 rings (SSSR count). The molecule has 1 aromatic rings. The van der Waals surface area contributed by atoms with Crippen LogP contribution in [0.2, 0.25) is 0 Å². The maximum Gasteiger partial charge on any atom is 0.408 e. The van der Waals surface area contributed by atoms with Gasteiger partial charge in [0.15, 0.2) is 5.78 Å². The molecule has 0 fully saturated rings. The van der Waals surface area contributed by atoms with E-state index in [0.717, 1.165) is 5.56 Å². The van der Waals surface area contributed by atoms with E-state index in [-0.39, 0.29) is 5.78 Å². The average Bonchev–Trinajstić information content (AvgIpc) is 2.32. The zero-order chi connectivity index (χ0) is 17.1.